The molecule has 0 N–H and O–H groups in total. The zero-order valence-electron chi connectivity index (χ0n) is 18.2. The summed E-state index contributed by atoms with van der Waals surface area (Å²) in [7, 11) is 0. The summed E-state index contributed by atoms with van der Waals surface area (Å²) >= 11 is 0. The molecule has 32 heavy (non-hydrogen) atoms. The van der Waals surface area contributed by atoms with Crippen LogP contribution in [0.5, 0.6) is 0 Å². The fourth-order valence-electron chi connectivity index (χ4n) is 4.52. The van der Waals surface area contributed by atoms with Gasteiger partial charge in [-0.25, -0.2) is 4.98 Å². The maximum Gasteiger partial charge on any atom is 0.261 e. The van der Waals surface area contributed by atoms with Crippen molar-refractivity contribution in [2.75, 3.05) is 26.2 Å². The van der Waals surface area contributed by atoms with E-state index < -0.39 is 0 Å². The van der Waals surface area contributed by atoms with Gasteiger partial charge in [-0.3, -0.25) is 19.1 Å². The summed E-state index contributed by atoms with van der Waals surface area (Å²) in [5, 5.41) is 3.09. The topological polar surface area (TPSA) is 58.4 Å². The quantitative estimate of drug-likeness (QED) is 0.503. The van der Waals surface area contributed by atoms with Crippen LogP contribution in [0.2, 0.25) is 0 Å². The summed E-state index contributed by atoms with van der Waals surface area (Å²) in [4.78, 5) is 34.3. The Balaban J connectivity index is 1.24. The number of nitrogens with zero attached hydrogens (tertiary/aromatic N) is 4. The number of carbonyl (C=O) groups excluding carboxylic acids is 1. The van der Waals surface area contributed by atoms with Crippen LogP contribution in [0, 0.1) is 6.92 Å². The monoisotopic (exact) mass is 426 g/mol. The van der Waals surface area contributed by atoms with Crippen molar-refractivity contribution in [1.82, 2.24) is 19.4 Å². The minimum absolute atomic E-state index is 0.0268. The number of piperazine rings is 1. The molecule has 0 bridgehead atoms. The van der Waals surface area contributed by atoms with E-state index in [1.54, 1.807) is 6.07 Å². The Bertz CT molecular complexity index is 1350. The van der Waals surface area contributed by atoms with E-state index in [0.717, 1.165) is 25.2 Å². The van der Waals surface area contributed by atoms with E-state index >= 15 is 0 Å². The number of para-hydroxylation sites is 1. The largest absolute Gasteiger partial charge is 0.339 e. The highest BCUT2D eigenvalue weighted by Gasteiger charge is 2.22. The highest BCUT2D eigenvalue weighted by atomic mass is 16.2. The molecule has 0 saturated carbocycles. The van der Waals surface area contributed by atoms with Gasteiger partial charge in [0.25, 0.3) is 5.56 Å². The van der Waals surface area contributed by atoms with E-state index in [9.17, 15) is 9.59 Å². The molecule has 0 aliphatic carbocycles. The molecule has 1 aliphatic heterocycles. The van der Waals surface area contributed by atoms with Crippen LogP contribution in [-0.2, 0) is 17.9 Å². The first-order valence-corrected chi connectivity index (χ1v) is 11.0. The molecular formula is C26H26N4O2. The van der Waals surface area contributed by atoms with Crippen LogP contribution in [0.1, 0.15) is 11.1 Å². The molecule has 6 nitrogen and oxygen atoms in total. The number of aryl methyl sites for hydroxylation is 1. The summed E-state index contributed by atoms with van der Waals surface area (Å²) in [6.45, 7) is 5.80. The lowest BCUT2D eigenvalue weighted by molar-refractivity contribution is -0.133. The molecule has 1 amide bonds. The van der Waals surface area contributed by atoms with Crippen molar-refractivity contribution in [2.45, 2.75) is 20.0 Å². The van der Waals surface area contributed by atoms with Crippen molar-refractivity contribution in [3.63, 3.8) is 0 Å². The van der Waals surface area contributed by atoms with Gasteiger partial charge in [-0.15, -0.1) is 0 Å². The molecule has 1 aromatic heterocycles. The molecule has 5 rings (SSSR count). The van der Waals surface area contributed by atoms with Gasteiger partial charge in [0.2, 0.25) is 5.91 Å². The Hall–Kier alpha value is -3.51. The highest BCUT2D eigenvalue weighted by Crippen LogP contribution is 2.20. The first-order valence-electron chi connectivity index (χ1n) is 11.0. The molecule has 0 spiro atoms. The van der Waals surface area contributed by atoms with Crippen LogP contribution >= 0.6 is 0 Å². The number of fused-ring (bicyclic) bond motifs is 2. The van der Waals surface area contributed by atoms with E-state index in [0.29, 0.717) is 24.0 Å². The zero-order chi connectivity index (χ0) is 22.1. The van der Waals surface area contributed by atoms with Gasteiger partial charge in [0.05, 0.1) is 17.2 Å². The third kappa shape index (κ3) is 3.89. The number of hydrogen-bond acceptors (Lipinski definition) is 4. The van der Waals surface area contributed by atoms with E-state index in [1.165, 1.54) is 27.2 Å². The predicted molar refractivity (Wildman–Crippen MR) is 127 cm³/mol. The van der Waals surface area contributed by atoms with Crippen LogP contribution in [0.4, 0.5) is 0 Å². The van der Waals surface area contributed by atoms with Gasteiger partial charge in [0.15, 0.2) is 0 Å². The van der Waals surface area contributed by atoms with Crippen molar-refractivity contribution >= 4 is 27.6 Å². The Kier molecular flexibility index (Phi) is 5.45. The maximum absolute atomic E-state index is 12.9. The van der Waals surface area contributed by atoms with Gasteiger partial charge < -0.3 is 4.90 Å². The number of rotatable bonds is 4. The molecule has 4 aromatic rings. The average Bonchev–Trinajstić information content (AvgIpc) is 2.82. The number of amides is 1. The molecule has 0 unspecified atom stereocenters. The summed E-state index contributed by atoms with van der Waals surface area (Å²) in [6, 6.07) is 20.4. The number of hydrogen-bond donors (Lipinski definition) is 0. The lowest BCUT2D eigenvalue weighted by atomic mass is 10.0. The van der Waals surface area contributed by atoms with Gasteiger partial charge in [0, 0.05) is 32.7 Å². The van der Waals surface area contributed by atoms with Gasteiger partial charge in [-0.05, 0) is 34.9 Å². The molecule has 2 heterocycles. The number of benzene rings is 3. The molecular weight excluding hydrogens is 400 g/mol. The second-order valence-corrected chi connectivity index (χ2v) is 8.44. The van der Waals surface area contributed by atoms with Crippen molar-refractivity contribution in [3.05, 3.63) is 88.5 Å². The maximum atomic E-state index is 12.9. The summed E-state index contributed by atoms with van der Waals surface area (Å²) in [5.41, 5.74) is 2.80. The van der Waals surface area contributed by atoms with Crippen LogP contribution in [0.25, 0.3) is 21.7 Å². The van der Waals surface area contributed by atoms with Crippen molar-refractivity contribution in [3.8, 4) is 0 Å². The minimum atomic E-state index is -0.165. The molecule has 1 aliphatic rings. The Morgan fingerprint density at radius 2 is 1.62 bits per heavy atom. The molecule has 162 valence electrons. The fraction of sp³-hybridized carbons (Fsp3) is 0.269. The molecule has 6 heteroatoms. The Morgan fingerprint density at radius 3 is 2.47 bits per heavy atom. The third-order valence-electron chi connectivity index (χ3n) is 6.36. The average molecular weight is 427 g/mol. The van der Waals surface area contributed by atoms with E-state index in [4.69, 9.17) is 0 Å². The Morgan fingerprint density at radius 1 is 0.906 bits per heavy atom. The van der Waals surface area contributed by atoms with Crippen LogP contribution in [-0.4, -0.2) is 51.4 Å². The summed E-state index contributed by atoms with van der Waals surface area (Å²) in [6.07, 6.45) is 1.49. The SMILES string of the molecule is Cc1cccc2c(=O)n(CC(=O)N3CCN(Cc4cccc5ccccc45)CC3)cnc12. The van der Waals surface area contributed by atoms with Gasteiger partial charge in [-0.2, -0.15) is 0 Å². The minimum Gasteiger partial charge on any atom is -0.339 e. The summed E-state index contributed by atoms with van der Waals surface area (Å²) < 4.78 is 1.42. The van der Waals surface area contributed by atoms with Crippen molar-refractivity contribution < 1.29 is 4.79 Å². The predicted octanol–water partition coefficient (Wildman–Crippen LogP) is 3.20. The molecule has 1 fully saturated rings. The zero-order valence-corrected chi connectivity index (χ0v) is 18.2. The van der Waals surface area contributed by atoms with Crippen molar-refractivity contribution in [1.29, 1.82) is 0 Å². The van der Waals surface area contributed by atoms with Crippen LogP contribution < -0.4 is 5.56 Å². The Labute approximate surface area is 186 Å². The van der Waals surface area contributed by atoms with Gasteiger partial charge >= 0.3 is 0 Å². The third-order valence-corrected chi connectivity index (χ3v) is 6.36. The number of carbonyl (C=O) groups is 1. The lowest BCUT2D eigenvalue weighted by Gasteiger charge is -2.35. The lowest BCUT2D eigenvalue weighted by Crippen LogP contribution is -2.49. The van der Waals surface area contributed by atoms with E-state index in [1.807, 2.05) is 24.0 Å². The van der Waals surface area contributed by atoms with E-state index in [2.05, 4.69) is 52.3 Å². The molecule has 0 atom stereocenters. The van der Waals surface area contributed by atoms with Gasteiger partial charge in [0.1, 0.15) is 6.54 Å². The fourth-order valence-corrected chi connectivity index (χ4v) is 4.52. The molecule has 3 aromatic carbocycles. The normalized spacial score (nSPS) is 14.8. The van der Waals surface area contributed by atoms with Crippen LogP contribution in [0.15, 0.2) is 71.8 Å². The van der Waals surface area contributed by atoms with Crippen molar-refractivity contribution in [2.24, 2.45) is 0 Å². The van der Waals surface area contributed by atoms with Crippen LogP contribution in [0.3, 0.4) is 0 Å². The standard InChI is InChI=1S/C26H26N4O2/c1-19-6-4-11-23-25(19)27-18-30(26(23)32)17-24(31)29-14-12-28(13-15-29)16-21-9-5-8-20-7-2-3-10-22(20)21/h2-11,18H,12-17H2,1H3. The smallest absolute Gasteiger partial charge is 0.261 e. The first-order chi connectivity index (χ1) is 15.6. The molecule has 0 radical (unpaired) electrons. The second kappa shape index (κ2) is 8.55. The van der Waals surface area contributed by atoms with E-state index in [-0.39, 0.29) is 18.0 Å². The number of aromatic nitrogens is 2. The van der Waals surface area contributed by atoms with Gasteiger partial charge in [-0.1, -0.05) is 54.6 Å². The highest BCUT2D eigenvalue weighted by molar-refractivity contribution is 5.85. The summed E-state index contributed by atoms with van der Waals surface area (Å²) in [5.74, 6) is -0.0364. The second-order valence-electron chi connectivity index (χ2n) is 8.44. The first kappa shape index (κ1) is 20.4. The molecule has 1 saturated heterocycles.